The number of anilines is 1. The van der Waals surface area contributed by atoms with Crippen LogP contribution in [0.25, 0.3) is 0 Å². The first-order valence-corrected chi connectivity index (χ1v) is 10.0. The van der Waals surface area contributed by atoms with Gasteiger partial charge in [0.2, 0.25) is 5.91 Å². The summed E-state index contributed by atoms with van der Waals surface area (Å²) in [5, 5.41) is 3.18. The van der Waals surface area contributed by atoms with E-state index in [1.807, 2.05) is 59.5 Å². The van der Waals surface area contributed by atoms with Crippen LogP contribution in [0.4, 0.5) is 5.69 Å². The monoisotopic (exact) mass is 379 g/mol. The molecule has 1 N–H and O–H groups in total. The number of nitrogens with zero attached hydrogens (tertiary/aromatic N) is 2. The van der Waals surface area contributed by atoms with Crippen LogP contribution < -0.4 is 5.32 Å². The molecule has 0 bridgehead atoms. The summed E-state index contributed by atoms with van der Waals surface area (Å²) in [6.07, 6.45) is 4.59. The van der Waals surface area contributed by atoms with Crippen LogP contribution in [0.3, 0.4) is 0 Å². The number of nitrogens with one attached hydrogen (secondary N) is 1. The summed E-state index contributed by atoms with van der Waals surface area (Å²) in [5.41, 5.74) is 2.50. The number of hydrogen-bond donors (Lipinski definition) is 1. The lowest BCUT2D eigenvalue weighted by molar-refractivity contribution is -0.129. The SMILES string of the molecule is CN(Cc1ccccc1)C(=O)c1cccc(NCC(=O)N2CCCCCC2)c1. The smallest absolute Gasteiger partial charge is 0.253 e. The molecule has 0 unspecified atom stereocenters. The fraction of sp³-hybridized carbons (Fsp3) is 0.391. The Kier molecular flexibility index (Phi) is 7.06. The molecule has 0 radical (unpaired) electrons. The first kappa shape index (κ1) is 19.9. The molecule has 1 heterocycles. The van der Waals surface area contributed by atoms with Crippen molar-refractivity contribution < 1.29 is 9.59 Å². The molecule has 1 saturated heterocycles. The summed E-state index contributed by atoms with van der Waals surface area (Å²) >= 11 is 0. The minimum Gasteiger partial charge on any atom is -0.376 e. The molecule has 1 aliphatic heterocycles. The molecule has 0 aromatic heterocycles. The molecule has 2 aromatic carbocycles. The van der Waals surface area contributed by atoms with Crippen molar-refractivity contribution in [2.75, 3.05) is 32.0 Å². The van der Waals surface area contributed by atoms with Gasteiger partial charge in [-0.1, -0.05) is 49.2 Å². The topological polar surface area (TPSA) is 52.7 Å². The van der Waals surface area contributed by atoms with Crippen molar-refractivity contribution in [3.05, 3.63) is 65.7 Å². The van der Waals surface area contributed by atoms with Gasteiger partial charge in [0.1, 0.15) is 0 Å². The number of carbonyl (C=O) groups excluding carboxylic acids is 2. The van der Waals surface area contributed by atoms with Crippen LogP contribution in [-0.4, -0.2) is 48.3 Å². The predicted molar refractivity (Wildman–Crippen MR) is 112 cm³/mol. The maximum Gasteiger partial charge on any atom is 0.253 e. The summed E-state index contributed by atoms with van der Waals surface area (Å²) in [4.78, 5) is 28.8. The highest BCUT2D eigenvalue weighted by atomic mass is 16.2. The third kappa shape index (κ3) is 5.59. The van der Waals surface area contributed by atoms with Gasteiger partial charge in [-0.25, -0.2) is 0 Å². The van der Waals surface area contributed by atoms with E-state index in [0.29, 0.717) is 12.1 Å². The first-order chi connectivity index (χ1) is 13.6. The Balaban J connectivity index is 1.57. The van der Waals surface area contributed by atoms with Crippen molar-refractivity contribution in [3.63, 3.8) is 0 Å². The van der Waals surface area contributed by atoms with Crippen LogP contribution in [0, 0.1) is 0 Å². The summed E-state index contributed by atoms with van der Waals surface area (Å²) in [6.45, 7) is 2.52. The van der Waals surface area contributed by atoms with Crippen LogP contribution >= 0.6 is 0 Å². The average Bonchev–Trinajstić information content (AvgIpc) is 3.02. The van der Waals surface area contributed by atoms with Gasteiger partial charge in [0.15, 0.2) is 0 Å². The number of benzene rings is 2. The fourth-order valence-corrected chi connectivity index (χ4v) is 3.52. The summed E-state index contributed by atoms with van der Waals surface area (Å²) in [5.74, 6) is 0.0890. The second-order valence-electron chi connectivity index (χ2n) is 7.38. The predicted octanol–water partition coefficient (Wildman–Crippen LogP) is 3.77. The molecule has 3 rings (SSSR count). The maximum atomic E-state index is 12.7. The van der Waals surface area contributed by atoms with Crippen LogP contribution in [0.15, 0.2) is 54.6 Å². The third-order valence-electron chi connectivity index (χ3n) is 5.12. The lowest BCUT2D eigenvalue weighted by Crippen LogP contribution is -2.36. The van der Waals surface area contributed by atoms with E-state index >= 15 is 0 Å². The lowest BCUT2D eigenvalue weighted by Gasteiger charge is -2.21. The van der Waals surface area contributed by atoms with Crippen LogP contribution in [-0.2, 0) is 11.3 Å². The van der Waals surface area contributed by atoms with Crippen molar-refractivity contribution in [3.8, 4) is 0 Å². The van der Waals surface area contributed by atoms with E-state index < -0.39 is 0 Å². The Bertz CT molecular complexity index is 783. The zero-order valence-corrected chi connectivity index (χ0v) is 16.6. The number of hydrogen-bond acceptors (Lipinski definition) is 3. The summed E-state index contributed by atoms with van der Waals surface area (Å²) < 4.78 is 0. The Morgan fingerprint density at radius 3 is 2.39 bits per heavy atom. The molecule has 148 valence electrons. The number of amides is 2. The van der Waals surface area contributed by atoms with Gasteiger partial charge in [-0.3, -0.25) is 9.59 Å². The van der Waals surface area contributed by atoms with Crippen molar-refractivity contribution in [1.82, 2.24) is 9.80 Å². The van der Waals surface area contributed by atoms with Gasteiger partial charge < -0.3 is 15.1 Å². The molecule has 1 aliphatic rings. The lowest BCUT2D eigenvalue weighted by atomic mass is 10.1. The first-order valence-electron chi connectivity index (χ1n) is 10.0. The van der Waals surface area contributed by atoms with Gasteiger partial charge >= 0.3 is 0 Å². The van der Waals surface area contributed by atoms with E-state index in [-0.39, 0.29) is 18.4 Å². The van der Waals surface area contributed by atoms with Crippen LogP contribution in [0.5, 0.6) is 0 Å². The average molecular weight is 380 g/mol. The van der Waals surface area contributed by atoms with Gasteiger partial charge in [0.25, 0.3) is 5.91 Å². The van der Waals surface area contributed by atoms with Gasteiger partial charge in [0.05, 0.1) is 6.54 Å². The molecular formula is C23H29N3O2. The van der Waals surface area contributed by atoms with Crippen molar-refractivity contribution in [1.29, 1.82) is 0 Å². The molecule has 2 aromatic rings. The van der Waals surface area contributed by atoms with Crippen molar-refractivity contribution in [2.24, 2.45) is 0 Å². The second kappa shape index (κ2) is 9.93. The molecule has 0 aliphatic carbocycles. The third-order valence-corrected chi connectivity index (χ3v) is 5.12. The molecule has 2 amide bonds. The highest BCUT2D eigenvalue weighted by Crippen LogP contribution is 2.15. The summed E-state index contributed by atoms with van der Waals surface area (Å²) in [6, 6.07) is 17.3. The van der Waals surface area contributed by atoms with E-state index in [9.17, 15) is 9.59 Å². The molecule has 5 nitrogen and oxygen atoms in total. The largest absolute Gasteiger partial charge is 0.376 e. The normalized spacial score (nSPS) is 14.2. The molecule has 0 atom stereocenters. The highest BCUT2D eigenvalue weighted by molar-refractivity contribution is 5.95. The fourth-order valence-electron chi connectivity index (χ4n) is 3.52. The molecule has 0 spiro atoms. The van der Waals surface area contributed by atoms with E-state index in [4.69, 9.17) is 0 Å². The van der Waals surface area contributed by atoms with Gasteiger partial charge in [-0.2, -0.15) is 0 Å². The van der Waals surface area contributed by atoms with Crippen LogP contribution in [0.2, 0.25) is 0 Å². The Morgan fingerprint density at radius 2 is 1.68 bits per heavy atom. The second-order valence-corrected chi connectivity index (χ2v) is 7.38. The number of likely N-dealkylation sites (tertiary alicyclic amines) is 1. The molecule has 5 heteroatoms. The zero-order valence-electron chi connectivity index (χ0n) is 16.6. The molecule has 28 heavy (non-hydrogen) atoms. The summed E-state index contributed by atoms with van der Waals surface area (Å²) in [7, 11) is 1.80. The van der Waals surface area contributed by atoms with Gasteiger partial charge in [0, 0.05) is 37.9 Å². The van der Waals surface area contributed by atoms with E-state index in [2.05, 4.69) is 5.32 Å². The standard InChI is InChI=1S/C23H29N3O2/c1-25(18-19-10-5-4-6-11-19)23(28)20-12-9-13-21(16-20)24-17-22(27)26-14-7-2-3-8-15-26/h4-6,9-13,16,24H,2-3,7-8,14-15,17-18H2,1H3. The van der Waals surface area contributed by atoms with E-state index in [1.165, 1.54) is 12.8 Å². The quantitative estimate of drug-likeness (QED) is 0.831. The molecule has 0 saturated carbocycles. The van der Waals surface area contributed by atoms with Gasteiger partial charge in [-0.15, -0.1) is 0 Å². The number of carbonyl (C=O) groups is 2. The van der Waals surface area contributed by atoms with E-state index in [1.54, 1.807) is 11.9 Å². The van der Waals surface area contributed by atoms with Gasteiger partial charge in [-0.05, 0) is 36.6 Å². The van der Waals surface area contributed by atoms with Crippen LogP contribution in [0.1, 0.15) is 41.6 Å². The highest BCUT2D eigenvalue weighted by Gasteiger charge is 2.16. The number of rotatable bonds is 6. The Hall–Kier alpha value is -2.82. The molecule has 1 fully saturated rings. The Labute approximate surface area is 167 Å². The molecular weight excluding hydrogens is 350 g/mol. The zero-order chi connectivity index (χ0) is 19.8. The van der Waals surface area contributed by atoms with Crippen molar-refractivity contribution in [2.45, 2.75) is 32.2 Å². The maximum absolute atomic E-state index is 12.7. The minimum absolute atomic E-state index is 0.0358. The minimum atomic E-state index is -0.0358. The Morgan fingerprint density at radius 1 is 0.964 bits per heavy atom. The van der Waals surface area contributed by atoms with E-state index in [0.717, 1.165) is 37.2 Å². The van der Waals surface area contributed by atoms with Crippen molar-refractivity contribution >= 4 is 17.5 Å².